The van der Waals surface area contributed by atoms with Gasteiger partial charge in [0.05, 0.1) is 17.8 Å². The molecule has 2 atom stereocenters. The van der Waals surface area contributed by atoms with Crippen LogP contribution in [-0.4, -0.2) is 22.0 Å². The van der Waals surface area contributed by atoms with Crippen LogP contribution in [0.2, 0.25) is 0 Å². The molecule has 0 saturated carbocycles. The number of benzene rings is 1. The lowest BCUT2D eigenvalue weighted by molar-refractivity contribution is 0.101. The molecule has 1 fully saturated rings. The summed E-state index contributed by atoms with van der Waals surface area (Å²) < 4.78 is 1.89. The van der Waals surface area contributed by atoms with E-state index in [1.807, 2.05) is 29.8 Å². The monoisotopic (exact) mass is 419 g/mol. The van der Waals surface area contributed by atoms with Crippen LogP contribution in [0.3, 0.4) is 0 Å². The van der Waals surface area contributed by atoms with Crippen LogP contribution in [0.4, 0.5) is 10.8 Å². The first-order valence-corrected chi connectivity index (χ1v) is 11.2. The molecule has 154 valence electrons. The summed E-state index contributed by atoms with van der Waals surface area (Å²) in [7, 11) is 0. The minimum Gasteiger partial charge on any atom is -0.363 e. The summed E-state index contributed by atoms with van der Waals surface area (Å²) in [6.07, 6.45) is 4.78. The number of thiazole rings is 1. The number of anilines is 2. The van der Waals surface area contributed by atoms with E-state index in [-0.39, 0.29) is 17.9 Å². The molecule has 2 aromatic heterocycles. The highest BCUT2D eigenvalue weighted by Crippen LogP contribution is 2.37. The molecule has 4 rings (SSSR count). The summed E-state index contributed by atoms with van der Waals surface area (Å²) in [5.74, 6) is -0.208. The van der Waals surface area contributed by atoms with Crippen molar-refractivity contribution in [2.24, 2.45) is 5.92 Å². The minimum atomic E-state index is -0.170. The van der Waals surface area contributed by atoms with Gasteiger partial charge in [-0.25, -0.2) is 4.98 Å². The number of hydrogen-bond donors (Lipinski definition) is 1. The summed E-state index contributed by atoms with van der Waals surface area (Å²) >= 11 is 1.46. The Morgan fingerprint density at radius 3 is 2.97 bits per heavy atom. The Hall–Kier alpha value is -3.11. The number of rotatable bonds is 7. The van der Waals surface area contributed by atoms with Crippen molar-refractivity contribution >= 4 is 28.1 Å². The number of aryl methyl sites for hydroxylation is 1. The highest BCUT2D eigenvalue weighted by atomic mass is 32.1. The largest absolute Gasteiger partial charge is 0.363 e. The average Bonchev–Trinajstić information content (AvgIpc) is 3.52. The smallest absolute Gasteiger partial charge is 0.274 e. The highest BCUT2D eigenvalue weighted by molar-refractivity contribution is 7.14. The zero-order valence-corrected chi connectivity index (χ0v) is 17.8. The standard InChI is InChI=1S/C23H25N5OS/c1-17(15-24)11-14-27-12-5-10-21(27)22(29)26-23-25-19(16-30-23)20-9-6-13-28(20)18-7-3-2-4-8-18/h2-5,7-8,10,12,16-17,20H,6,9,11,13-14H2,1H3,(H,25,26,29). The van der Waals surface area contributed by atoms with Crippen molar-refractivity contribution in [1.82, 2.24) is 9.55 Å². The van der Waals surface area contributed by atoms with E-state index in [9.17, 15) is 4.79 Å². The number of carbonyl (C=O) groups is 1. The SMILES string of the molecule is CC(C#N)CCn1cccc1C(=O)Nc1nc(C2CCCN2c2ccccc2)cs1. The maximum atomic E-state index is 12.8. The molecule has 7 heteroatoms. The predicted octanol–water partition coefficient (Wildman–Crippen LogP) is 5.09. The first-order valence-electron chi connectivity index (χ1n) is 10.3. The van der Waals surface area contributed by atoms with Gasteiger partial charge >= 0.3 is 0 Å². The van der Waals surface area contributed by atoms with E-state index < -0.39 is 0 Å². The summed E-state index contributed by atoms with van der Waals surface area (Å²) in [5, 5.41) is 14.6. The van der Waals surface area contributed by atoms with Crippen molar-refractivity contribution in [2.45, 2.75) is 38.8 Å². The van der Waals surface area contributed by atoms with Crippen LogP contribution in [0.15, 0.2) is 54.0 Å². The molecule has 1 aliphatic heterocycles. The zero-order chi connectivity index (χ0) is 20.9. The second-order valence-electron chi connectivity index (χ2n) is 7.62. The molecule has 1 aromatic carbocycles. The van der Waals surface area contributed by atoms with Crippen molar-refractivity contribution in [3.8, 4) is 6.07 Å². The average molecular weight is 420 g/mol. The van der Waals surface area contributed by atoms with Crippen molar-refractivity contribution in [1.29, 1.82) is 5.26 Å². The van der Waals surface area contributed by atoms with E-state index in [2.05, 4.69) is 45.9 Å². The second kappa shape index (κ2) is 9.14. The Morgan fingerprint density at radius 2 is 2.17 bits per heavy atom. The number of aromatic nitrogens is 2. The van der Waals surface area contributed by atoms with Crippen LogP contribution >= 0.6 is 11.3 Å². The lowest BCUT2D eigenvalue weighted by Gasteiger charge is -2.25. The number of amides is 1. The van der Waals surface area contributed by atoms with Gasteiger partial charge in [-0.05, 0) is 50.5 Å². The van der Waals surface area contributed by atoms with Gasteiger partial charge in [0.1, 0.15) is 5.69 Å². The number of nitriles is 1. The van der Waals surface area contributed by atoms with E-state index in [0.29, 0.717) is 23.8 Å². The third-order valence-electron chi connectivity index (χ3n) is 5.51. The van der Waals surface area contributed by atoms with E-state index >= 15 is 0 Å². The van der Waals surface area contributed by atoms with Crippen LogP contribution in [-0.2, 0) is 6.54 Å². The number of carbonyl (C=O) groups excluding carboxylic acids is 1. The van der Waals surface area contributed by atoms with Crippen LogP contribution < -0.4 is 10.2 Å². The van der Waals surface area contributed by atoms with Crippen molar-refractivity contribution < 1.29 is 4.79 Å². The van der Waals surface area contributed by atoms with Gasteiger partial charge in [-0.2, -0.15) is 5.26 Å². The Morgan fingerprint density at radius 1 is 1.33 bits per heavy atom. The van der Waals surface area contributed by atoms with Crippen LogP contribution in [0.25, 0.3) is 0 Å². The van der Waals surface area contributed by atoms with Crippen molar-refractivity contribution in [2.75, 3.05) is 16.8 Å². The molecule has 6 nitrogen and oxygen atoms in total. The molecule has 1 aliphatic rings. The molecular formula is C23H25N5OS. The lowest BCUT2D eigenvalue weighted by Crippen LogP contribution is -2.22. The van der Waals surface area contributed by atoms with Gasteiger partial charge in [0, 0.05) is 36.3 Å². The summed E-state index contributed by atoms with van der Waals surface area (Å²) in [6, 6.07) is 16.5. The van der Waals surface area contributed by atoms with Crippen molar-refractivity contribution in [3.63, 3.8) is 0 Å². The van der Waals surface area contributed by atoms with Crippen LogP contribution in [0.5, 0.6) is 0 Å². The van der Waals surface area contributed by atoms with Gasteiger partial charge in [-0.15, -0.1) is 11.3 Å². The Balaban J connectivity index is 1.43. The summed E-state index contributed by atoms with van der Waals surface area (Å²) in [6.45, 7) is 3.55. The van der Waals surface area contributed by atoms with E-state index in [4.69, 9.17) is 10.2 Å². The van der Waals surface area contributed by atoms with Gasteiger partial charge < -0.3 is 9.47 Å². The second-order valence-corrected chi connectivity index (χ2v) is 8.48. The van der Waals surface area contributed by atoms with Gasteiger partial charge in [-0.3, -0.25) is 10.1 Å². The molecular weight excluding hydrogens is 394 g/mol. The molecule has 2 unspecified atom stereocenters. The predicted molar refractivity (Wildman–Crippen MR) is 120 cm³/mol. The van der Waals surface area contributed by atoms with Gasteiger partial charge in [0.25, 0.3) is 5.91 Å². The molecule has 3 aromatic rings. The molecule has 1 N–H and O–H groups in total. The number of nitrogens with zero attached hydrogens (tertiary/aromatic N) is 4. The molecule has 1 saturated heterocycles. The number of nitrogens with one attached hydrogen (secondary N) is 1. The first kappa shape index (κ1) is 20.2. The van der Waals surface area contributed by atoms with E-state index in [1.165, 1.54) is 17.0 Å². The maximum absolute atomic E-state index is 12.8. The normalized spacial score (nSPS) is 16.9. The van der Waals surface area contributed by atoms with Gasteiger partial charge in [0.2, 0.25) is 0 Å². The Kier molecular flexibility index (Phi) is 6.15. The maximum Gasteiger partial charge on any atom is 0.274 e. The topological polar surface area (TPSA) is 74.0 Å². The van der Waals surface area contributed by atoms with Gasteiger partial charge in [-0.1, -0.05) is 18.2 Å². The molecule has 30 heavy (non-hydrogen) atoms. The van der Waals surface area contributed by atoms with E-state index in [1.54, 1.807) is 6.07 Å². The first-order chi connectivity index (χ1) is 14.7. The highest BCUT2D eigenvalue weighted by Gasteiger charge is 2.28. The molecule has 0 bridgehead atoms. The third-order valence-corrected chi connectivity index (χ3v) is 6.29. The fourth-order valence-corrected chi connectivity index (χ4v) is 4.62. The fraction of sp³-hybridized carbons (Fsp3) is 0.348. The zero-order valence-electron chi connectivity index (χ0n) is 17.0. The molecule has 0 aliphatic carbocycles. The molecule has 3 heterocycles. The minimum absolute atomic E-state index is 0.0381. The fourth-order valence-electron chi connectivity index (χ4n) is 3.87. The van der Waals surface area contributed by atoms with Gasteiger partial charge in [0.15, 0.2) is 5.13 Å². The summed E-state index contributed by atoms with van der Waals surface area (Å²) in [5.41, 5.74) is 2.81. The molecule has 1 amide bonds. The third kappa shape index (κ3) is 4.39. The number of para-hydroxylation sites is 1. The lowest BCUT2D eigenvalue weighted by atomic mass is 10.1. The molecule has 0 spiro atoms. The van der Waals surface area contributed by atoms with Crippen molar-refractivity contribution in [3.05, 3.63) is 65.4 Å². The summed E-state index contributed by atoms with van der Waals surface area (Å²) in [4.78, 5) is 19.9. The number of hydrogen-bond acceptors (Lipinski definition) is 5. The molecule has 0 radical (unpaired) electrons. The van der Waals surface area contributed by atoms with E-state index in [0.717, 1.165) is 25.1 Å². The Labute approximate surface area is 180 Å². The van der Waals surface area contributed by atoms with Crippen LogP contribution in [0, 0.1) is 17.2 Å². The quantitative estimate of drug-likeness (QED) is 0.579. The Bertz CT molecular complexity index is 1040. The van der Waals surface area contributed by atoms with Crippen LogP contribution in [0.1, 0.15) is 48.4 Å².